The van der Waals surface area contributed by atoms with Gasteiger partial charge in [0.2, 0.25) is 0 Å². The molecule has 0 radical (unpaired) electrons. The standard InChI is InChI=1S/C24H25ClN2O2S/c1-5-10-27(24(28)19-6-8-20(25)9-7-19)13-21-15-30-23(26-21)14-29-22-12-16(2)11-17(3)18(22)4/h5-9,11-12,15H,1,10,13-14H2,2-4H3. The number of aromatic nitrogens is 1. The van der Waals surface area contributed by atoms with Crippen LogP contribution in [0.4, 0.5) is 0 Å². The first-order chi connectivity index (χ1) is 14.4. The van der Waals surface area contributed by atoms with E-state index in [9.17, 15) is 4.79 Å². The Hall–Kier alpha value is -2.63. The molecule has 30 heavy (non-hydrogen) atoms. The highest BCUT2D eigenvalue weighted by Crippen LogP contribution is 2.25. The number of hydrogen-bond donors (Lipinski definition) is 0. The van der Waals surface area contributed by atoms with Gasteiger partial charge in [-0.05, 0) is 67.8 Å². The molecule has 6 heteroatoms. The van der Waals surface area contributed by atoms with E-state index in [0.717, 1.165) is 22.0 Å². The van der Waals surface area contributed by atoms with Gasteiger partial charge in [0, 0.05) is 22.5 Å². The molecule has 1 heterocycles. The highest BCUT2D eigenvalue weighted by atomic mass is 35.5. The molecular weight excluding hydrogens is 416 g/mol. The van der Waals surface area contributed by atoms with Crippen molar-refractivity contribution in [2.75, 3.05) is 6.54 Å². The molecule has 1 amide bonds. The molecule has 0 atom stereocenters. The second-order valence-electron chi connectivity index (χ2n) is 7.21. The number of aryl methyl sites for hydroxylation is 2. The summed E-state index contributed by atoms with van der Waals surface area (Å²) in [6, 6.07) is 11.1. The number of carbonyl (C=O) groups is 1. The molecule has 0 saturated heterocycles. The maximum Gasteiger partial charge on any atom is 0.254 e. The predicted octanol–water partition coefficient (Wildman–Crippen LogP) is 6.13. The molecule has 1 aromatic heterocycles. The van der Waals surface area contributed by atoms with Gasteiger partial charge in [0.1, 0.15) is 17.4 Å². The molecule has 0 spiro atoms. The van der Waals surface area contributed by atoms with Crippen molar-refractivity contribution in [3.63, 3.8) is 0 Å². The number of halogens is 1. The Balaban J connectivity index is 1.67. The van der Waals surface area contributed by atoms with Gasteiger partial charge in [0.05, 0.1) is 12.2 Å². The van der Waals surface area contributed by atoms with E-state index >= 15 is 0 Å². The lowest BCUT2D eigenvalue weighted by molar-refractivity contribution is 0.0761. The maximum atomic E-state index is 12.9. The minimum atomic E-state index is -0.0803. The molecule has 0 fully saturated rings. The van der Waals surface area contributed by atoms with Crippen molar-refractivity contribution in [2.45, 2.75) is 33.9 Å². The Morgan fingerprint density at radius 3 is 2.67 bits per heavy atom. The molecule has 0 N–H and O–H groups in total. The van der Waals surface area contributed by atoms with Gasteiger partial charge in [-0.15, -0.1) is 17.9 Å². The van der Waals surface area contributed by atoms with Crippen molar-refractivity contribution in [3.05, 3.63) is 92.4 Å². The van der Waals surface area contributed by atoms with Crippen LogP contribution in [0.2, 0.25) is 5.02 Å². The number of thiazole rings is 1. The zero-order valence-electron chi connectivity index (χ0n) is 17.4. The van der Waals surface area contributed by atoms with Crippen LogP contribution in [-0.4, -0.2) is 22.3 Å². The lowest BCUT2D eigenvalue weighted by atomic mass is 10.1. The van der Waals surface area contributed by atoms with Crippen LogP contribution < -0.4 is 4.74 Å². The van der Waals surface area contributed by atoms with Crippen molar-refractivity contribution in [1.82, 2.24) is 9.88 Å². The van der Waals surface area contributed by atoms with Crippen molar-refractivity contribution >= 4 is 28.8 Å². The van der Waals surface area contributed by atoms with Crippen molar-refractivity contribution in [2.24, 2.45) is 0 Å². The first kappa shape index (κ1) is 22.1. The molecule has 0 saturated carbocycles. The quantitative estimate of drug-likeness (QED) is 0.396. The number of amides is 1. The van der Waals surface area contributed by atoms with Crippen LogP contribution in [0.15, 0.2) is 54.4 Å². The summed E-state index contributed by atoms with van der Waals surface area (Å²) in [6.45, 7) is 11.2. The second kappa shape index (κ2) is 9.92. The fourth-order valence-electron chi connectivity index (χ4n) is 3.12. The molecule has 0 aliphatic carbocycles. The van der Waals surface area contributed by atoms with Crippen LogP contribution in [-0.2, 0) is 13.2 Å². The summed E-state index contributed by atoms with van der Waals surface area (Å²) < 4.78 is 6.02. The minimum Gasteiger partial charge on any atom is -0.486 e. The molecule has 3 aromatic rings. The fourth-order valence-corrected chi connectivity index (χ4v) is 3.95. The third-order valence-electron chi connectivity index (χ3n) is 4.80. The summed E-state index contributed by atoms with van der Waals surface area (Å²) in [5.74, 6) is 0.804. The Kier molecular flexibility index (Phi) is 7.29. The number of hydrogen-bond acceptors (Lipinski definition) is 4. The minimum absolute atomic E-state index is 0.0803. The summed E-state index contributed by atoms with van der Waals surface area (Å²) in [4.78, 5) is 19.2. The highest BCUT2D eigenvalue weighted by Gasteiger charge is 2.17. The van der Waals surface area contributed by atoms with Gasteiger partial charge in [-0.25, -0.2) is 4.98 Å². The van der Waals surface area contributed by atoms with Crippen molar-refractivity contribution in [1.29, 1.82) is 0 Å². The molecule has 3 rings (SSSR count). The van der Waals surface area contributed by atoms with Crippen LogP contribution in [0.5, 0.6) is 5.75 Å². The summed E-state index contributed by atoms with van der Waals surface area (Å²) in [5.41, 5.74) is 4.95. The molecule has 156 valence electrons. The summed E-state index contributed by atoms with van der Waals surface area (Å²) in [6.07, 6.45) is 1.72. The van der Waals surface area contributed by atoms with Gasteiger partial charge in [-0.1, -0.05) is 23.7 Å². The Morgan fingerprint density at radius 2 is 1.97 bits per heavy atom. The topological polar surface area (TPSA) is 42.4 Å². The maximum absolute atomic E-state index is 12.9. The first-order valence-corrected chi connectivity index (χ1v) is 10.9. The molecule has 0 aliphatic rings. The van der Waals surface area contributed by atoms with Crippen molar-refractivity contribution < 1.29 is 9.53 Å². The summed E-state index contributed by atoms with van der Waals surface area (Å²) in [7, 11) is 0. The smallest absolute Gasteiger partial charge is 0.254 e. The van der Waals surface area contributed by atoms with Gasteiger partial charge in [-0.2, -0.15) is 0 Å². The first-order valence-electron chi connectivity index (χ1n) is 9.67. The number of rotatable bonds is 8. The molecular formula is C24H25ClN2O2S. The monoisotopic (exact) mass is 440 g/mol. The van der Waals surface area contributed by atoms with Crippen LogP contribution in [0.3, 0.4) is 0 Å². The number of benzene rings is 2. The normalized spacial score (nSPS) is 10.7. The zero-order valence-corrected chi connectivity index (χ0v) is 19.0. The summed E-state index contributed by atoms with van der Waals surface area (Å²) >= 11 is 7.46. The van der Waals surface area contributed by atoms with E-state index in [0.29, 0.717) is 30.3 Å². The van der Waals surface area contributed by atoms with Gasteiger partial charge in [0.25, 0.3) is 5.91 Å². The summed E-state index contributed by atoms with van der Waals surface area (Å²) in [5, 5.41) is 3.45. The molecule has 4 nitrogen and oxygen atoms in total. The van der Waals surface area contributed by atoms with E-state index < -0.39 is 0 Å². The third-order valence-corrected chi connectivity index (χ3v) is 5.92. The average molecular weight is 441 g/mol. The number of ether oxygens (including phenoxy) is 1. The van der Waals surface area contributed by atoms with E-state index in [1.165, 1.54) is 22.5 Å². The highest BCUT2D eigenvalue weighted by molar-refractivity contribution is 7.09. The Bertz CT molecular complexity index is 1040. The van der Waals surface area contributed by atoms with Gasteiger partial charge in [0.15, 0.2) is 0 Å². The Labute approximate surface area is 186 Å². The number of nitrogens with zero attached hydrogens (tertiary/aromatic N) is 2. The van der Waals surface area contributed by atoms with Gasteiger partial charge < -0.3 is 9.64 Å². The van der Waals surface area contributed by atoms with E-state index in [2.05, 4.69) is 38.4 Å². The van der Waals surface area contributed by atoms with Crippen LogP contribution in [0.1, 0.15) is 37.7 Å². The van der Waals surface area contributed by atoms with Crippen LogP contribution in [0.25, 0.3) is 0 Å². The molecule has 0 unspecified atom stereocenters. The third kappa shape index (κ3) is 5.49. The van der Waals surface area contributed by atoms with Crippen molar-refractivity contribution in [3.8, 4) is 5.75 Å². The SMILES string of the molecule is C=CCN(Cc1csc(COc2cc(C)cc(C)c2C)n1)C(=O)c1ccc(Cl)cc1. The number of carbonyl (C=O) groups excluding carboxylic acids is 1. The lowest BCUT2D eigenvalue weighted by Crippen LogP contribution is -2.30. The van der Waals surface area contributed by atoms with E-state index in [4.69, 9.17) is 16.3 Å². The predicted molar refractivity (Wildman–Crippen MR) is 123 cm³/mol. The van der Waals surface area contributed by atoms with E-state index in [1.54, 1.807) is 35.2 Å². The van der Waals surface area contributed by atoms with Crippen LogP contribution in [0, 0.1) is 20.8 Å². The van der Waals surface area contributed by atoms with Gasteiger partial charge in [-0.3, -0.25) is 4.79 Å². The second-order valence-corrected chi connectivity index (χ2v) is 8.59. The molecule has 2 aromatic carbocycles. The van der Waals surface area contributed by atoms with Gasteiger partial charge >= 0.3 is 0 Å². The lowest BCUT2D eigenvalue weighted by Gasteiger charge is -2.20. The average Bonchev–Trinajstić information content (AvgIpc) is 3.16. The molecule has 0 bridgehead atoms. The zero-order chi connectivity index (χ0) is 21.7. The van der Waals surface area contributed by atoms with E-state index in [1.807, 2.05) is 11.4 Å². The Morgan fingerprint density at radius 1 is 1.23 bits per heavy atom. The largest absolute Gasteiger partial charge is 0.486 e. The molecule has 0 aliphatic heterocycles. The fraction of sp³-hybridized carbons (Fsp3) is 0.250. The van der Waals surface area contributed by atoms with Crippen LogP contribution >= 0.6 is 22.9 Å². The van der Waals surface area contributed by atoms with E-state index in [-0.39, 0.29) is 5.91 Å².